The second-order valence-electron chi connectivity index (χ2n) is 7.06. The quantitative estimate of drug-likeness (QED) is 0.347. The van der Waals surface area contributed by atoms with E-state index in [1.54, 1.807) is 0 Å². The molecule has 5 rings (SSSR count). The number of anilines is 4. The zero-order chi connectivity index (χ0) is 21.2. The Bertz CT molecular complexity index is 1360. The van der Waals surface area contributed by atoms with Crippen molar-refractivity contribution in [3.05, 3.63) is 95.6 Å². The second kappa shape index (κ2) is 8.08. The number of rotatable bonds is 5. The molecule has 6 nitrogen and oxygen atoms in total. The van der Waals surface area contributed by atoms with Gasteiger partial charge in [0.25, 0.3) is 0 Å². The summed E-state index contributed by atoms with van der Waals surface area (Å²) in [6.07, 6.45) is 0. The Morgan fingerprint density at radius 3 is 2.06 bits per heavy atom. The lowest BCUT2D eigenvalue weighted by molar-refractivity contribution is 0.868. The van der Waals surface area contributed by atoms with Gasteiger partial charge in [0.05, 0.1) is 33.1 Å². The fraction of sp³-hybridized carbons (Fsp3) is 0.0417. The van der Waals surface area contributed by atoms with Crippen molar-refractivity contribution in [3.8, 4) is 5.69 Å². The van der Waals surface area contributed by atoms with Gasteiger partial charge in [-0.3, -0.25) is 0 Å². The second-order valence-corrected chi connectivity index (χ2v) is 7.46. The number of para-hydroxylation sites is 4. The van der Waals surface area contributed by atoms with Crippen molar-refractivity contribution in [1.29, 1.82) is 0 Å². The Balaban J connectivity index is 1.61. The zero-order valence-corrected chi connectivity index (χ0v) is 17.5. The number of nitrogens with zero attached hydrogens (tertiary/aromatic N) is 4. The molecule has 0 spiro atoms. The minimum Gasteiger partial charge on any atom is -0.336 e. The summed E-state index contributed by atoms with van der Waals surface area (Å²) in [6, 6.07) is 27.2. The SMILES string of the molecule is Cc1cc(Nc2nc3ccccc3nc2Nc2ccccc2Cl)n(-c2ccccc2)n1. The maximum absolute atomic E-state index is 6.37. The van der Waals surface area contributed by atoms with E-state index in [2.05, 4.69) is 15.7 Å². The monoisotopic (exact) mass is 426 g/mol. The summed E-state index contributed by atoms with van der Waals surface area (Å²) in [5.74, 6) is 1.94. The normalized spacial score (nSPS) is 10.9. The van der Waals surface area contributed by atoms with Crippen LogP contribution in [0.15, 0.2) is 84.9 Å². The van der Waals surface area contributed by atoms with Crippen LogP contribution in [0.1, 0.15) is 5.69 Å². The van der Waals surface area contributed by atoms with Crippen LogP contribution in [0.4, 0.5) is 23.1 Å². The van der Waals surface area contributed by atoms with E-state index in [9.17, 15) is 0 Å². The average molecular weight is 427 g/mol. The summed E-state index contributed by atoms with van der Waals surface area (Å²) in [6.45, 7) is 1.96. The molecule has 31 heavy (non-hydrogen) atoms. The molecule has 2 heterocycles. The number of fused-ring (bicyclic) bond motifs is 1. The molecule has 0 unspecified atom stereocenters. The molecule has 5 aromatic rings. The lowest BCUT2D eigenvalue weighted by Crippen LogP contribution is -2.07. The Labute approximate surface area is 184 Å². The molecule has 0 aliphatic carbocycles. The number of nitrogens with one attached hydrogen (secondary N) is 2. The van der Waals surface area contributed by atoms with Crippen LogP contribution in [-0.4, -0.2) is 19.7 Å². The first kappa shape index (κ1) is 19.1. The first-order valence-corrected chi connectivity index (χ1v) is 10.2. The molecule has 7 heteroatoms. The van der Waals surface area contributed by atoms with Gasteiger partial charge in [-0.25, -0.2) is 14.6 Å². The Morgan fingerprint density at radius 2 is 1.35 bits per heavy atom. The van der Waals surface area contributed by atoms with Crippen LogP contribution in [0.3, 0.4) is 0 Å². The number of hydrogen-bond acceptors (Lipinski definition) is 5. The maximum Gasteiger partial charge on any atom is 0.175 e. The van der Waals surface area contributed by atoms with Crippen LogP contribution in [0, 0.1) is 6.92 Å². The highest BCUT2D eigenvalue weighted by Crippen LogP contribution is 2.31. The molecule has 0 saturated carbocycles. The lowest BCUT2D eigenvalue weighted by atomic mass is 10.3. The third kappa shape index (κ3) is 3.93. The molecule has 3 aromatic carbocycles. The minimum absolute atomic E-state index is 0.574. The number of benzene rings is 3. The van der Waals surface area contributed by atoms with Crippen LogP contribution in [-0.2, 0) is 0 Å². The summed E-state index contributed by atoms with van der Waals surface area (Å²) in [4.78, 5) is 9.61. The Morgan fingerprint density at radius 1 is 0.742 bits per heavy atom. The molecule has 0 fully saturated rings. The molecular weight excluding hydrogens is 408 g/mol. The summed E-state index contributed by atoms with van der Waals surface area (Å²) < 4.78 is 1.85. The van der Waals surface area contributed by atoms with E-state index in [1.807, 2.05) is 96.5 Å². The lowest BCUT2D eigenvalue weighted by Gasteiger charge is -2.15. The molecule has 0 aliphatic rings. The molecule has 0 radical (unpaired) electrons. The van der Waals surface area contributed by atoms with Gasteiger partial charge in [0.15, 0.2) is 11.6 Å². The largest absolute Gasteiger partial charge is 0.336 e. The van der Waals surface area contributed by atoms with Crippen molar-refractivity contribution in [2.45, 2.75) is 6.92 Å². The van der Waals surface area contributed by atoms with Crippen molar-refractivity contribution in [3.63, 3.8) is 0 Å². The minimum atomic E-state index is 0.574. The Kier molecular flexibility index (Phi) is 4.98. The highest BCUT2D eigenvalue weighted by molar-refractivity contribution is 6.33. The van der Waals surface area contributed by atoms with Crippen molar-refractivity contribution in [2.24, 2.45) is 0 Å². The third-order valence-corrected chi connectivity index (χ3v) is 5.11. The first-order valence-electron chi connectivity index (χ1n) is 9.85. The maximum atomic E-state index is 6.37. The van der Waals surface area contributed by atoms with E-state index in [1.165, 1.54) is 0 Å². The highest BCUT2D eigenvalue weighted by atomic mass is 35.5. The fourth-order valence-corrected chi connectivity index (χ4v) is 3.52. The average Bonchev–Trinajstić information content (AvgIpc) is 3.16. The summed E-state index contributed by atoms with van der Waals surface area (Å²) in [5, 5.41) is 12.0. The zero-order valence-electron chi connectivity index (χ0n) is 16.7. The van der Waals surface area contributed by atoms with Gasteiger partial charge in [-0.05, 0) is 43.3 Å². The molecular formula is C24H19ClN6. The van der Waals surface area contributed by atoms with E-state index in [4.69, 9.17) is 21.6 Å². The topological polar surface area (TPSA) is 67.7 Å². The summed E-state index contributed by atoms with van der Waals surface area (Å²) in [5.41, 5.74) is 4.17. The van der Waals surface area contributed by atoms with Crippen LogP contribution in [0.2, 0.25) is 5.02 Å². The molecule has 2 N–H and O–H groups in total. The van der Waals surface area contributed by atoms with Gasteiger partial charge in [0, 0.05) is 6.07 Å². The van der Waals surface area contributed by atoms with Crippen LogP contribution < -0.4 is 10.6 Å². The predicted molar refractivity (Wildman–Crippen MR) is 126 cm³/mol. The molecule has 152 valence electrons. The predicted octanol–water partition coefficient (Wildman–Crippen LogP) is 6.26. The van der Waals surface area contributed by atoms with Gasteiger partial charge in [0.2, 0.25) is 0 Å². The van der Waals surface area contributed by atoms with E-state index in [0.29, 0.717) is 16.7 Å². The summed E-state index contributed by atoms with van der Waals surface area (Å²) >= 11 is 6.37. The van der Waals surface area contributed by atoms with E-state index >= 15 is 0 Å². The molecule has 0 amide bonds. The van der Waals surface area contributed by atoms with Crippen LogP contribution >= 0.6 is 11.6 Å². The highest BCUT2D eigenvalue weighted by Gasteiger charge is 2.14. The Hall–Kier alpha value is -3.90. The molecule has 0 atom stereocenters. The van der Waals surface area contributed by atoms with Crippen molar-refractivity contribution in [1.82, 2.24) is 19.7 Å². The number of hydrogen-bond donors (Lipinski definition) is 2. The number of aryl methyl sites for hydroxylation is 1. The van der Waals surface area contributed by atoms with Gasteiger partial charge in [-0.15, -0.1) is 0 Å². The van der Waals surface area contributed by atoms with Crippen molar-refractivity contribution >= 4 is 45.8 Å². The standard InChI is InChI=1S/C24H19ClN6/c1-16-15-22(31(30-16)17-9-3-2-4-10-17)29-24-23(26-19-12-6-5-11-18(19)25)27-20-13-7-8-14-21(20)28-24/h2-15H,1H3,(H,26,27)(H,28,29). The molecule has 2 aromatic heterocycles. The molecule has 0 bridgehead atoms. The summed E-state index contributed by atoms with van der Waals surface area (Å²) in [7, 11) is 0. The van der Waals surface area contributed by atoms with Crippen molar-refractivity contribution in [2.75, 3.05) is 10.6 Å². The van der Waals surface area contributed by atoms with Gasteiger partial charge < -0.3 is 10.6 Å². The van der Waals surface area contributed by atoms with Gasteiger partial charge >= 0.3 is 0 Å². The van der Waals surface area contributed by atoms with Gasteiger partial charge in [-0.1, -0.05) is 54.1 Å². The molecule has 0 saturated heterocycles. The van der Waals surface area contributed by atoms with E-state index < -0.39 is 0 Å². The first-order chi connectivity index (χ1) is 15.2. The van der Waals surface area contributed by atoms with Gasteiger partial charge in [0.1, 0.15) is 5.82 Å². The fourth-order valence-electron chi connectivity index (χ4n) is 3.34. The molecule has 0 aliphatic heterocycles. The van der Waals surface area contributed by atoms with Crippen LogP contribution in [0.5, 0.6) is 0 Å². The van der Waals surface area contributed by atoms with E-state index in [0.717, 1.165) is 33.9 Å². The third-order valence-electron chi connectivity index (χ3n) is 4.78. The van der Waals surface area contributed by atoms with Crippen LogP contribution in [0.25, 0.3) is 16.7 Å². The smallest absolute Gasteiger partial charge is 0.175 e. The van der Waals surface area contributed by atoms with Gasteiger partial charge in [-0.2, -0.15) is 5.10 Å². The van der Waals surface area contributed by atoms with E-state index in [-0.39, 0.29) is 0 Å². The number of halogens is 1. The van der Waals surface area contributed by atoms with Crippen molar-refractivity contribution < 1.29 is 0 Å². The number of aromatic nitrogens is 4.